The van der Waals surface area contributed by atoms with E-state index in [-0.39, 0.29) is 30.2 Å². The number of nitrogens with one attached hydrogen (secondary N) is 1. The van der Waals surface area contributed by atoms with Gasteiger partial charge in [-0.3, -0.25) is 9.59 Å². The van der Waals surface area contributed by atoms with Crippen LogP contribution in [-0.4, -0.2) is 42.5 Å². The highest BCUT2D eigenvalue weighted by atomic mass is 16.5. The second-order valence-corrected chi connectivity index (χ2v) is 7.21. The Labute approximate surface area is 157 Å². The fraction of sp³-hybridized carbons (Fsp3) is 0.400. The number of carbonyl (C=O) groups excluding carboxylic acids is 2. The summed E-state index contributed by atoms with van der Waals surface area (Å²) in [5, 5.41) is 2.74. The molecule has 0 bridgehead atoms. The van der Waals surface area contributed by atoms with Crippen molar-refractivity contribution >= 4 is 17.5 Å². The smallest absolute Gasteiger partial charge is 0.291 e. The zero-order valence-electron chi connectivity index (χ0n) is 15.0. The van der Waals surface area contributed by atoms with E-state index in [4.69, 9.17) is 14.9 Å². The maximum atomic E-state index is 12.5. The number of likely N-dealkylation sites (tertiary alicyclic amines) is 1. The first-order chi connectivity index (χ1) is 13.1. The van der Waals surface area contributed by atoms with E-state index < -0.39 is 0 Å². The van der Waals surface area contributed by atoms with Gasteiger partial charge in [-0.15, -0.1) is 0 Å². The summed E-state index contributed by atoms with van der Waals surface area (Å²) in [5.74, 6) is 1.35. The van der Waals surface area contributed by atoms with Crippen LogP contribution in [0.15, 0.2) is 47.1 Å². The molecule has 4 rings (SSSR count). The van der Waals surface area contributed by atoms with Gasteiger partial charge in [-0.1, -0.05) is 6.07 Å². The Morgan fingerprint density at radius 3 is 2.89 bits per heavy atom. The van der Waals surface area contributed by atoms with Crippen molar-refractivity contribution in [2.45, 2.75) is 18.9 Å². The van der Waals surface area contributed by atoms with Gasteiger partial charge < -0.3 is 25.1 Å². The summed E-state index contributed by atoms with van der Waals surface area (Å²) in [6.45, 7) is 1.48. The van der Waals surface area contributed by atoms with E-state index in [2.05, 4.69) is 5.32 Å². The Kier molecular flexibility index (Phi) is 4.85. The maximum absolute atomic E-state index is 12.5. The molecule has 2 fully saturated rings. The van der Waals surface area contributed by atoms with Gasteiger partial charge in [0.25, 0.3) is 11.8 Å². The molecule has 2 amide bonds. The summed E-state index contributed by atoms with van der Waals surface area (Å²) in [6.07, 6.45) is 3.61. The van der Waals surface area contributed by atoms with Crippen LogP contribution >= 0.6 is 0 Å². The molecule has 2 aliphatic rings. The molecule has 1 saturated carbocycles. The number of benzene rings is 1. The zero-order chi connectivity index (χ0) is 18.8. The van der Waals surface area contributed by atoms with Crippen molar-refractivity contribution in [1.82, 2.24) is 4.90 Å². The number of carbonyl (C=O) groups is 2. The van der Waals surface area contributed by atoms with Gasteiger partial charge in [-0.2, -0.15) is 0 Å². The van der Waals surface area contributed by atoms with Crippen molar-refractivity contribution in [2.75, 3.05) is 25.0 Å². The summed E-state index contributed by atoms with van der Waals surface area (Å²) < 4.78 is 10.7. The third-order valence-electron chi connectivity index (χ3n) is 5.46. The molecular weight excluding hydrogens is 346 g/mol. The van der Waals surface area contributed by atoms with Gasteiger partial charge in [0.05, 0.1) is 6.26 Å². The maximum Gasteiger partial charge on any atom is 0.291 e. The number of fused-ring (bicyclic) bond motifs is 1. The van der Waals surface area contributed by atoms with Crippen LogP contribution < -0.4 is 15.8 Å². The lowest BCUT2D eigenvalue weighted by atomic mass is 9.98. The molecule has 1 aliphatic carbocycles. The summed E-state index contributed by atoms with van der Waals surface area (Å²) in [6, 6.07) is 10.4. The molecule has 1 saturated heterocycles. The number of furan rings is 1. The van der Waals surface area contributed by atoms with E-state index in [9.17, 15) is 9.59 Å². The number of rotatable bonds is 5. The predicted octanol–water partition coefficient (Wildman–Crippen LogP) is 2.11. The molecule has 27 heavy (non-hydrogen) atoms. The molecule has 1 aromatic heterocycles. The Morgan fingerprint density at radius 2 is 2.11 bits per heavy atom. The van der Waals surface area contributed by atoms with Crippen molar-refractivity contribution in [1.29, 1.82) is 0 Å². The first kappa shape index (κ1) is 17.6. The molecular formula is C20H23N3O4. The highest BCUT2D eigenvalue weighted by molar-refractivity contribution is 6.02. The molecule has 0 radical (unpaired) electrons. The molecule has 3 unspecified atom stereocenters. The second-order valence-electron chi connectivity index (χ2n) is 7.21. The Morgan fingerprint density at radius 1 is 1.22 bits per heavy atom. The van der Waals surface area contributed by atoms with Gasteiger partial charge in [0.15, 0.2) is 12.4 Å². The minimum absolute atomic E-state index is 0.0235. The number of hydrogen-bond donors (Lipinski definition) is 2. The minimum atomic E-state index is -0.340. The predicted molar refractivity (Wildman–Crippen MR) is 99.4 cm³/mol. The number of anilines is 1. The van der Waals surface area contributed by atoms with E-state index in [0.717, 1.165) is 25.9 Å². The number of amides is 2. The molecule has 2 heterocycles. The van der Waals surface area contributed by atoms with Gasteiger partial charge >= 0.3 is 0 Å². The Hall–Kier alpha value is -2.80. The minimum Gasteiger partial charge on any atom is -0.484 e. The Balaban J connectivity index is 1.31. The van der Waals surface area contributed by atoms with E-state index in [1.54, 1.807) is 36.4 Å². The third kappa shape index (κ3) is 3.83. The van der Waals surface area contributed by atoms with Crippen molar-refractivity contribution in [3.05, 3.63) is 48.4 Å². The first-order valence-electron chi connectivity index (χ1n) is 9.21. The number of ether oxygens (including phenoxy) is 1. The largest absolute Gasteiger partial charge is 0.484 e. The van der Waals surface area contributed by atoms with Crippen molar-refractivity contribution < 1.29 is 18.7 Å². The molecule has 3 atom stereocenters. The summed E-state index contributed by atoms with van der Waals surface area (Å²) in [7, 11) is 0. The highest BCUT2D eigenvalue weighted by Gasteiger charge is 2.42. The van der Waals surface area contributed by atoms with Crippen molar-refractivity contribution in [3.63, 3.8) is 0 Å². The molecule has 0 spiro atoms. The molecule has 2 aromatic rings. The molecule has 1 aliphatic heterocycles. The monoisotopic (exact) mass is 369 g/mol. The normalized spacial score (nSPS) is 23.9. The SMILES string of the molecule is NC1CCC2CN(C(=O)COc3cccc(NC(=O)c4ccco4)c3)CC12. The molecule has 7 nitrogen and oxygen atoms in total. The number of hydrogen-bond acceptors (Lipinski definition) is 5. The van der Waals surface area contributed by atoms with Crippen LogP contribution in [-0.2, 0) is 4.79 Å². The van der Waals surface area contributed by atoms with Gasteiger partial charge in [-0.05, 0) is 48.9 Å². The van der Waals surface area contributed by atoms with E-state index in [1.807, 2.05) is 4.90 Å². The molecule has 7 heteroatoms. The van der Waals surface area contributed by atoms with Crippen LogP contribution in [0.4, 0.5) is 5.69 Å². The average molecular weight is 369 g/mol. The molecule has 142 valence electrons. The lowest BCUT2D eigenvalue weighted by Gasteiger charge is -2.19. The van der Waals surface area contributed by atoms with Gasteiger partial charge in [0, 0.05) is 30.9 Å². The van der Waals surface area contributed by atoms with E-state index in [1.165, 1.54) is 6.26 Å². The van der Waals surface area contributed by atoms with Crippen LogP contribution in [0.5, 0.6) is 5.75 Å². The quantitative estimate of drug-likeness (QED) is 0.841. The van der Waals surface area contributed by atoms with Crippen LogP contribution in [0.3, 0.4) is 0 Å². The summed E-state index contributed by atoms with van der Waals surface area (Å²) >= 11 is 0. The first-order valence-corrected chi connectivity index (χ1v) is 9.21. The topological polar surface area (TPSA) is 97.8 Å². The molecule has 3 N–H and O–H groups in total. The fourth-order valence-corrected chi connectivity index (χ4v) is 4.01. The third-order valence-corrected chi connectivity index (χ3v) is 5.46. The van der Waals surface area contributed by atoms with Gasteiger partial charge in [-0.25, -0.2) is 0 Å². The van der Waals surface area contributed by atoms with Crippen LogP contribution in [0.25, 0.3) is 0 Å². The van der Waals surface area contributed by atoms with Gasteiger partial charge in [0.1, 0.15) is 5.75 Å². The van der Waals surface area contributed by atoms with E-state index >= 15 is 0 Å². The fourth-order valence-electron chi connectivity index (χ4n) is 4.01. The summed E-state index contributed by atoms with van der Waals surface area (Å²) in [5.41, 5.74) is 6.70. The number of nitrogens with two attached hydrogens (primary N) is 1. The van der Waals surface area contributed by atoms with Crippen LogP contribution in [0, 0.1) is 11.8 Å². The van der Waals surface area contributed by atoms with Crippen molar-refractivity contribution in [2.24, 2.45) is 17.6 Å². The van der Waals surface area contributed by atoms with Crippen LogP contribution in [0.1, 0.15) is 23.4 Å². The van der Waals surface area contributed by atoms with E-state index in [0.29, 0.717) is 23.3 Å². The van der Waals surface area contributed by atoms with Gasteiger partial charge in [0.2, 0.25) is 0 Å². The average Bonchev–Trinajstić information content (AvgIpc) is 3.39. The highest BCUT2D eigenvalue weighted by Crippen LogP contribution is 2.37. The number of nitrogens with zero attached hydrogens (tertiary/aromatic N) is 1. The van der Waals surface area contributed by atoms with Crippen molar-refractivity contribution in [3.8, 4) is 5.75 Å². The second kappa shape index (κ2) is 7.44. The summed E-state index contributed by atoms with van der Waals surface area (Å²) in [4.78, 5) is 26.3. The zero-order valence-corrected chi connectivity index (χ0v) is 15.0. The van der Waals surface area contributed by atoms with Crippen LogP contribution in [0.2, 0.25) is 0 Å². The molecule has 1 aromatic carbocycles. The standard InChI is InChI=1S/C20H23N3O4/c21-17-7-6-13-10-23(11-16(13)17)19(24)12-27-15-4-1-3-14(9-15)22-20(25)18-5-2-8-26-18/h1-5,8-9,13,16-17H,6-7,10-12,21H2,(H,22,25). The Bertz CT molecular complexity index is 820. The lowest BCUT2D eigenvalue weighted by molar-refractivity contribution is -0.132. The lowest BCUT2D eigenvalue weighted by Crippen LogP contribution is -2.36.